The summed E-state index contributed by atoms with van der Waals surface area (Å²) in [6.07, 6.45) is 1.95. The van der Waals surface area contributed by atoms with Gasteiger partial charge in [-0.1, -0.05) is 83.1 Å². The third-order valence-corrected chi connectivity index (χ3v) is 8.05. The SMILES string of the molecule is Cl[P@](CC[P@](Cl)c1ccccc1)c1ccccc1. The Kier molecular flexibility index (Phi) is 5.93. The maximum Gasteiger partial charge on any atom is 0.0216 e. The molecule has 0 unspecified atom stereocenters. The summed E-state index contributed by atoms with van der Waals surface area (Å²) in [5, 5.41) is 2.48. The van der Waals surface area contributed by atoms with Crippen molar-refractivity contribution in [1.29, 1.82) is 0 Å². The van der Waals surface area contributed by atoms with Gasteiger partial charge in [-0.15, -0.1) is 0 Å². The summed E-state index contributed by atoms with van der Waals surface area (Å²) in [6, 6.07) is 20.6. The Bertz CT molecular complexity index is 416. The second-order valence-electron chi connectivity index (χ2n) is 3.84. The highest BCUT2D eigenvalue weighted by Gasteiger charge is 2.12. The van der Waals surface area contributed by atoms with Gasteiger partial charge in [0.05, 0.1) is 0 Å². The largest absolute Gasteiger partial charge is 0.0912 e. The van der Waals surface area contributed by atoms with E-state index in [9.17, 15) is 0 Å². The quantitative estimate of drug-likeness (QED) is 0.688. The fraction of sp³-hybridized carbons (Fsp3) is 0.143. The molecule has 0 aliphatic heterocycles. The van der Waals surface area contributed by atoms with Gasteiger partial charge < -0.3 is 0 Å². The fourth-order valence-electron chi connectivity index (χ4n) is 1.61. The molecule has 0 N–H and O–H groups in total. The molecule has 0 radical (unpaired) electrons. The Morgan fingerprint density at radius 2 is 0.944 bits per heavy atom. The molecular formula is C14H14Cl2P2. The summed E-state index contributed by atoms with van der Waals surface area (Å²) in [5.74, 6) is 0. The highest BCUT2D eigenvalue weighted by molar-refractivity contribution is 7.93. The van der Waals surface area contributed by atoms with Gasteiger partial charge in [-0.2, -0.15) is 0 Å². The first-order chi connectivity index (χ1) is 8.77. The van der Waals surface area contributed by atoms with Gasteiger partial charge in [-0.3, -0.25) is 0 Å². The van der Waals surface area contributed by atoms with Crippen LogP contribution in [0, 0.1) is 0 Å². The average molecular weight is 315 g/mol. The smallest absolute Gasteiger partial charge is 0.0216 e. The van der Waals surface area contributed by atoms with E-state index in [4.69, 9.17) is 22.5 Å². The maximum absolute atomic E-state index is 6.45. The number of hydrogen-bond acceptors (Lipinski definition) is 0. The third kappa shape index (κ3) is 4.22. The van der Waals surface area contributed by atoms with Crippen LogP contribution in [0.25, 0.3) is 0 Å². The summed E-state index contributed by atoms with van der Waals surface area (Å²) in [6.45, 7) is 0. The number of benzene rings is 2. The molecule has 0 saturated carbocycles. The molecular weight excluding hydrogens is 301 g/mol. The Labute approximate surface area is 120 Å². The minimum absolute atomic E-state index is 0.595. The van der Waals surface area contributed by atoms with Crippen molar-refractivity contribution >= 4 is 47.6 Å². The zero-order valence-corrected chi connectivity index (χ0v) is 13.1. The fourth-order valence-corrected chi connectivity index (χ4v) is 6.56. The first-order valence-electron chi connectivity index (χ1n) is 5.74. The lowest BCUT2D eigenvalue weighted by molar-refractivity contribution is 1.53. The third-order valence-electron chi connectivity index (χ3n) is 2.57. The van der Waals surface area contributed by atoms with Crippen LogP contribution in [0.2, 0.25) is 0 Å². The van der Waals surface area contributed by atoms with Crippen molar-refractivity contribution in [2.45, 2.75) is 0 Å². The summed E-state index contributed by atoms with van der Waals surface area (Å²) in [7, 11) is -1.19. The number of rotatable bonds is 5. The Morgan fingerprint density at radius 1 is 0.611 bits per heavy atom. The minimum atomic E-state index is -0.595. The van der Waals surface area contributed by atoms with Gasteiger partial charge in [0.2, 0.25) is 0 Å². The van der Waals surface area contributed by atoms with E-state index in [1.807, 2.05) is 36.4 Å². The van der Waals surface area contributed by atoms with Crippen molar-refractivity contribution in [1.82, 2.24) is 0 Å². The molecule has 2 aromatic carbocycles. The molecule has 0 aliphatic rings. The average Bonchev–Trinajstić information content (AvgIpc) is 2.46. The highest BCUT2D eigenvalue weighted by Crippen LogP contribution is 2.47. The van der Waals surface area contributed by atoms with Crippen LogP contribution < -0.4 is 10.6 Å². The van der Waals surface area contributed by atoms with Gasteiger partial charge in [0.25, 0.3) is 0 Å². The summed E-state index contributed by atoms with van der Waals surface area (Å²) < 4.78 is 0. The number of halogens is 2. The predicted molar refractivity (Wildman–Crippen MR) is 87.4 cm³/mol. The minimum Gasteiger partial charge on any atom is -0.0912 e. The molecule has 0 bridgehead atoms. The Balaban J connectivity index is 1.89. The molecule has 18 heavy (non-hydrogen) atoms. The van der Waals surface area contributed by atoms with E-state index >= 15 is 0 Å². The molecule has 0 heterocycles. The standard InChI is InChI=1S/C14H14Cl2P2/c15-17(13-7-3-1-4-8-13)11-12-18(16)14-9-5-2-6-10-14/h1-10H,11-12H2/t17-,18+. The van der Waals surface area contributed by atoms with E-state index in [1.165, 1.54) is 10.6 Å². The van der Waals surface area contributed by atoms with Gasteiger partial charge in [0.15, 0.2) is 0 Å². The van der Waals surface area contributed by atoms with Gasteiger partial charge in [0.1, 0.15) is 0 Å². The zero-order chi connectivity index (χ0) is 12.8. The molecule has 94 valence electrons. The van der Waals surface area contributed by atoms with Crippen molar-refractivity contribution < 1.29 is 0 Å². The van der Waals surface area contributed by atoms with Crippen molar-refractivity contribution in [3.05, 3.63) is 60.7 Å². The van der Waals surface area contributed by atoms with Gasteiger partial charge in [-0.25, -0.2) is 0 Å². The topological polar surface area (TPSA) is 0 Å². The first kappa shape index (κ1) is 14.3. The summed E-state index contributed by atoms with van der Waals surface area (Å²) in [4.78, 5) is 0. The first-order valence-corrected chi connectivity index (χ1v) is 10.6. The van der Waals surface area contributed by atoms with Gasteiger partial charge >= 0.3 is 0 Å². The van der Waals surface area contributed by atoms with Crippen LogP contribution in [0.4, 0.5) is 0 Å². The van der Waals surface area contributed by atoms with Gasteiger partial charge in [0, 0.05) is 14.5 Å². The second-order valence-corrected chi connectivity index (χ2v) is 9.67. The lowest BCUT2D eigenvalue weighted by Crippen LogP contribution is -2.04. The van der Waals surface area contributed by atoms with Crippen LogP contribution in [0.15, 0.2) is 60.7 Å². The molecule has 0 aliphatic carbocycles. The summed E-state index contributed by atoms with van der Waals surface area (Å²) >= 11 is 12.9. The lowest BCUT2D eigenvalue weighted by Gasteiger charge is -2.13. The molecule has 0 saturated heterocycles. The van der Waals surface area contributed by atoms with E-state index in [-0.39, 0.29) is 0 Å². The van der Waals surface area contributed by atoms with Crippen LogP contribution in [0.3, 0.4) is 0 Å². The summed E-state index contributed by atoms with van der Waals surface area (Å²) in [5.41, 5.74) is 0. The molecule has 4 heteroatoms. The predicted octanol–water partition coefficient (Wildman–Crippen LogP) is 4.91. The molecule has 0 amide bonds. The number of hydrogen-bond donors (Lipinski definition) is 0. The van der Waals surface area contributed by atoms with Gasteiger partial charge in [-0.05, 0) is 22.9 Å². The molecule has 2 rings (SSSR count). The van der Waals surface area contributed by atoms with E-state index in [2.05, 4.69) is 24.3 Å². The monoisotopic (exact) mass is 314 g/mol. The molecule has 0 spiro atoms. The van der Waals surface area contributed by atoms with E-state index in [0.717, 1.165) is 12.3 Å². The Hall–Kier alpha value is -0.120. The Morgan fingerprint density at radius 3 is 1.28 bits per heavy atom. The normalized spacial score (nSPS) is 14.1. The molecule has 2 atom stereocenters. The van der Waals surface area contributed by atoms with Crippen LogP contribution in [0.5, 0.6) is 0 Å². The van der Waals surface area contributed by atoms with E-state index < -0.39 is 14.5 Å². The van der Waals surface area contributed by atoms with Crippen molar-refractivity contribution in [2.24, 2.45) is 0 Å². The van der Waals surface area contributed by atoms with Crippen LogP contribution in [-0.4, -0.2) is 12.3 Å². The van der Waals surface area contributed by atoms with Crippen LogP contribution >= 0.6 is 37.0 Å². The van der Waals surface area contributed by atoms with Crippen molar-refractivity contribution in [3.8, 4) is 0 Å². The lowest BCUT2D eigenvalue weighted by atomic mass is 10.4. The van der Waals surface area contributed by atoms with Crippen LogP contribution in [0.1, 0.15) is 0 Å². The highest BCUT2D eigenvalue weighted by atomic mass is 35.7. The maximum atomic E-state index is 6.45. The molecule has 0 aromatic heterocycles. The van der Waals surface area contributed by atoms with Crippen molar-refractivity contribution in [2.75, 3.05) is 12.3 Å². The zero-order valence-electron chi connectivity index (χ0n) is 9.84. The van der Waals surface area contributed by atoms with Crippen molar-refractivity contribution in [3.63, 3.8) is 0 Å². The second kappa shape index (κ2) is 7.46. The molecule has 2 aromatic rings. The van der Waals surface area contributed by atoms with E-state index in [0.29, 0.717) is 0 Å². The molecule has 0 fully saturated rings. The van der Waals surface area contributed by atoms with E-state index in [1.54, 1.807) is 0 Å². The molecule has 0 nitrogen and oxygen atoms in total. The van der Waals surface area contributed by atoms with Crippen LogP contribution in [-0.2, 0) is 0 Å².